The van der Waals surface area contributed by atoms with Gasteiger partial charge in [0.15, 0.2) is 0 Å². The molecule has 1 fully saturated rings. The average molecular weight is 300 g/mol. The van der Waals surface area contributed by atoms with Crippen LogP contribution in [0.5, 0.6) is 0 Å². The molecule has 1 aliphatic rings. The number of nitrogens with zero attached hydrogens (tertiary/aromatic N) is 2. The van der Waals surface area contributed by atoms with E-state index < -0.39 is 12.0 Å². The van der Waals surface area contributed by atoms with Crippen LogP contribution < -0.4 is 10.6 Å². The van der Waals surface area contributed by atoms with E-state index in [4.69, 9.17) is 5.11 Å². The molecule has 1 atom stereocenters. The van der Waals surface area contributed by atoms with Crippen molar-refractivity contribution >= 4 is 17.9 Å². The Bertz CT molecular complexity index is 380. The van der Waals surface area contributed by atoms with Crippen LogP contribution in [0.15, 0.2) is 0 Å². The first-order valence-corrected chi connectivity index (χ1v) is 7.21. The molecule has 0 aliphatic carbocycles. The van der Waals surface area contributed by atoms with Crippen molar-refractivity contribution in [1.29, 1.82) is 0 Å². The predicted molar refractivity (Wildman–Crippen MR) is 76.9 cm³/mol. The third-order valence-corrected chi connectivity index (χ3v) is 3.39. The van der Waals surface area contributed by atoms with Crippen LogP contribution in [0.2, 0.25) is 0 Å². The molecule has 0 aromatic carbocycles. The molecule has 8 nitrogen and oxygen atoms in total. The number of hydrogen-bond acceptors (Lipinski definition) is 4. The summed E-state index contributed by atoms with van der Waals surface area (Å²) >= 11 is 0. The molecule has 1 rings (SSSR count). The lowest BCUT2D eigenvalue weighted by Gasteiger charge is -2.34. The fraction of sp³-hybridized carbons (Fsp3) is 0.769. The number of urea groups is 1. The number of piperazine rings is 1. The first-order valence-electron chi connectivity index (χ1n) is 7.21. The van der Waals surface area contributed by atoms with E-state index in [0.29, 0.717) is 39.3 Å². The summed E-state index contributed by atoms with van der Waals surface area (Å²) in [6.07, 6.45) is 0.112. The largest absolute Gasteiger partial charge is 0.481 e. The van der Waals surface area contributed by atoms with Gasteiger partial charge in [0, 0.05) is 39.3 Å². The van der Waals surface area contributed by atoms with Crippen LogP contribution in [0.4, 0.5) is 4.79 Å². The van der Waals surface area contributed by atoms with Crippen LogP contribution >= 0.6 is 0 Å². The number of amides is 3. The van der Waals surface area contributed by atoms with E-state index >= 15 is 0 Å². The van der Waals surface area contributed by atoms with Gasteiger partial charge in [-0.25, -0.2) is 4.79 Å². The van der Waals surface area contributed by atoms with Crippen LogP contribution in [0.25, 0.3) is 0 Å². The molecule has 1 saturated heterocycles. The molecular formula is C13H24N4O4. The van der Waals surface area contributed by atoms with E-state index in [0.717, 1.165) is 0 Å². The van der Waals surface area contributed by atoms with Gasteiger partial charge in [-0.3, -0.25) is 14.5 Å². The Balaban J connectivity index is 2.31. The lowest BCUT2D eigenvalue weighted by molar-refractivity contribution is -0.137. The highest BCUT2D eigenvalue weighted by molar-refractivity contribution is 5.86. The number of hydrogen-bond donors (Lipinski definition) is 3. The molecule has 1 aliphatic heterocycles. The van der Waals surface area contributed by atoms with E-state index in [1.165, 1.54) is 0 Å². The molecule has 1 unspecified atom stereocenters. The smallest absolute Gasteiger partial charge is 0.318 e. The van der Waals surface area contributed by atoms with Crippen molar-refractivity contribution in [3.8, 4) is 0 Å². The van der Waals surface area contributed by atoms with Crippen molar-refractivity contribution in [2.24, 2.45) is 0 Å². The van der Waals surface area contributed by atoms with Gasteiger partial charge in [-0.15, -0.1) is 0 Å². The molecule has 21 heavy (non-hydrogen) atoms. The fourth-order valence-electron chi connectivity index (χ4n) is 2.10. The first-order chi connectivity index (χ1) is 9.93. The maximum Gasteiger partial charge on any atom is 0.318 e. The first kappa shape index (κ1) is 17.2. The number of rotatable bonds is 6. The summed E-state index contributed by atoms with van der Waals surface area (Å²) in [5.41, 5.74) is 0. The minimum absolute atomic E-state index is 0.112. The molecule has 8 heteroatoms. The lowest BCUT2D eigenvalue weighted by Crippen LogP contribution is -2.55. The maximum atomic E-state index is 12.0. The van der Waals surface area contributed by atoms with Gasteiger partial charge in [-0.05, 0) is 13.8 Å². The van der Waals surface area contributed by atoms with Crippen LogP contribution in [0, 0.1) is 0 Å². The average Bonchev–Trinajstić information content (AvgIpc) is 2.45. The molecule has 1 heterocycles. The fourth-order valence-corrected chi connectivity index (χ4v) is 2.10. The Kier molecular flexibility index (Phi) is 6.93. The minimum atomic E-state index is -0.814. The Labute approximate surface area is 124 Å². The SMILES string of the molecule is CCNC(=O)C(C)NC(=O)N1CCN(CCC(=O)O)CC1. The molecule has 3 amide bonds. The number of carbonyl (C=O) groups excluding carboxylic acids is 2. The number of carboxylic acids is 1. The van der Waals surface area contributed by atoms with Crippen molar-refractivity contribution in [3.05, 3.63) is 0 Å². The molecule has 0 spiro atoms. The molecule has 0 aromatic rings. The Morgan fingerprint density at radius 2 is 1.81 bits per heavy atom. The second-order valence-electron chi connectivity index (χ2n) is 5.04. The van der Waals surface area contributed by atoms with Crippen molar-refractivity contribution in [2.45, 2.75) is 26.3 Å². The van der Waals surface area contributed by atoms with Gasteiger partial charge in [-0.1, -0.05) is 0 Å². The number of carboxylic acid groups (broad SMARTS) is 1. The lowest BCUT2D eigenvalue weighted by atomic mass is 10.3. The molecule has 0 saturated carbocycles. The molecule has 0 aromatic heterocycles. The molecule has 3 N–H and O–H groups in total. The van der Waals surface area contributed by atoms with Crippen LogP contribution in [0.1, 0.15) is 20.3 Å². The standard InChI is InChI=1S/C13H24N4O4/c1-3-14-12(20)10(2)15-13(21)17-8-6-16(7-9-17)5-4-11(18)19/h10H,3-9H2,1-2H3,(H,14,20)(H,15,21)(H,18,19). The zero-order valence-corrected chi connectivity index (χ0v) is 12.6. The molecule has 120 valence electrons. The summed E-state index contributed by atoms with van der Waals surface area (Å²) in [6.45, 7) is 6.86. The highest BCUT2D eigenvalue weighted by Crippen LogP contribution is 2.03. The Morgan fingerprint density at radius 1 is 1.19 bits per heavy atom. The van der Waals surface area contributed by atoms with Gasteiger partial charge < -0.3 is 20.6 Å². The summed E-state index contributed by atoms with van der Waals surface area (Å²) in [4.78, 5) is 37.7. The van der Waals surface area contributed by atoms with Crippen LogP contribution in [-0.2, 0) is 9.59 Å². The predicted octanol–water partition coefficient (Wildman–Crippen LogP) is -0.687. The number of likely N-dealkylation sites (N-methyl/N-ethyl adjacent to an activating group) is 1. The normalized spacial score (nSPS) is 17.1. The van der Waals surface area contributed by atoms with Crippen molar-refractivity contribution in [3.63, 3.8) is 0 Å². The third kappa shape index (κ3) is 5.99. The van der Waals surface area contributed by atoms with Gasteiger partial charge in [0.1, 0.15) is 6.04 Å². The van der Waals surface area contributed by atoms with Gasteiger partial charge in [0.05, 0.1) is 6.42 Å². The van der Waals surface area contributed by atoms with Crippen LogP contribution in [-0.4, -0.2) is 78.1 Å². The topological polar surface area (TPSA) is 102 Å². The monoisotopic (exact) mass is 300 g/mol. The van der Waals surface area contributed by atoms with Gasteiger partial charge in [0.2, 0.25) is 5.91 Å². The highest BCUT2D eigenvalue weighted by atomic mass is 16.4. The van der Waals surface area contributed by atoms with Crippen molar-refractivity contribution in [1.82, 2.24) is 20.4 Å². The van der Waals surface area contributed by atoms with E-state index in [1.807, 2.05) is 11.8 Å². The Morgan fingerprint density at radius 3 is 2.33 bits per heavy atom. The zero-order chi connectivity index (χ0) is 15.8. The number of carbonyl (C=O) groups is 3. The number of aliphatic carboxylic acids is 1. The highest BCUT2D eigenvalue weighted by Gasteiger charge is 2.23. The third-order valence-electron chi connectivity index (χ3n) is 3.39. The van der Waals surface area contributed by atoms with E-state index in [2.05, 4.69) is 10.6 Å². The molecular weight excluding hydrogens is 276 g/mol. The zero-order valence-electron chi connectivity index (χ0n) is 12.6. The summed E-state index contributed by atoms with van der Waals surface area (Å²) in [6, 6.07) is -0.825. The van der Waals surface area contributed by atoms with E-state index in [1.54, 1.807) is 11.8 Å². The maximum absolute atomic E-state index is 12.0. The quantitative estimate of drug-likeness (QED) is 0.603. The van der Waals surface area contributed by atoms with Gasteiger partial charge in [0.25, 0.3) is 0 Å². The second-order valence-corrected chi connectivity index (χ2v) is 5.04. The molecule has 0 bridgehead atoms. The summed E-state index contributed by atoms with van der Waals surface area (Å²) in [5.74, 6) is -1.02. The second kappa shape index (κ2) is 8.46. The van der Waals surface area contributed by atoms with Crippen molar-refractivity contribution < 1.29 is 19.5 Å². The van der Waals surface area contributed by atoms with Crippen molar-refractivity contribution in [2.75, 3.05) is 39.3 Å². The van der Waals surface area contributed by atoms with E-state index in [-0.39, 0.29) is 18.4 Å². The van der Waals surface area contributed by atoms with Crippen LogP contribution in [0.3, 0.4) is 0 Å². The number of nitrogens with one attached hydrogen (secondary N) is 2. The summed E-state index contributed by atoms with van der Waals surface area (Å²) < 4.78 is 0. The Hall–Kier alpha value is -1.83. The summed E-state index contributed by atoms with van der Waals surface area (Å²) in [5, 5.41) is 14.0. The molecule has 0 radical (unpaired) electrons. The van der Waals surface area contributed by atoms with Gasteiger partial charge >= 0.3 is 12.0 Å². The van der Waals surface area contributed by atoms with Gasteiger partial charge in [-0.2, -0.15) is 0 Å². The van der Waals surface area contributed by atoms with E-state index in [9.17, 15) is 14.4 Å². The summed E-state index contributed by atoms with van der Waals surface area (Å²) in [7, 11) is 0. The minimum Gasteiger partial charge on any atom is -0.481 e.